The number of aromatic nitrogens is 3. The van der Waals surface area contributed by atoms with Gasteiger partial charge in [-0.1, -0.05) is 48.0 Å². The number of carboxylic acid groups (broad SMARTS) is 1. The Kier molecular flexibility index (Phi) is 7.69. The van der Waals surface area contributed by atoms with Gasteiger partial charge in [0.25, 0.3) is 0 Å². The second-order valence-electron chi connectivity index (χ2n) is 11.2. The van der Waals surface area contributed by atoms with Crippen molar-refractivity contribution in [2.45, 2.75) is 69.4 Å². The maximum absolute atomic E-state index is 12.2. The smallest absolute Gasteiger partial charge is 0.304 e. The van der Waals surface area contributed by atoms with E-state index in [1.165, 1.54) is 11.1 Å². The molecule has 222 valence electrons. The average molecular weight is 611 g/mol. The number of carboxylic acids is 1. The maximum Gasteiger partial charge on any atom is 0.304 e. The lowest BCUT2D eigenvalue weighted by Gasteiger charge is -2.42. The van der Waals surface area contributed by atoms with Crippen LogP contribution in [0.15, 0.2) is 47.4 Å². The van der Waals surface area contributed by atoms with Gasteiger partial charge in [-0.2, -0.15) is 4.31 Å². The Balaban J connectivity index is 1.45. The number of aliphatic carboxylic acids is 1. The van der Waals surface area contributed by atoms with Crippen LogP contribution in [0.5, 0.6) is 5.75 Å². The van der Waals surface area contributed by atoms with E-state index in [2.05, 4.69) is 22.4 Å². The first kappa shape index (κ1) is 28.9. The molecule has 4 aromatic rings. The van der Waals surface area contributed by atoms with Gasteiger partial charge < -0.3 is 9.84 Å². The fraction of sp³-hybridized carbons (Fsp3) is 0.387. The third-order valence-electron chi connectivity index (χ3n) is 8.63. The van der Waals surface area contributed by atoms with Crippen molar-refractivity contribution in [3.05, 3.63) is 80.9 Å². The summed E-state index contributed by atoms with van der Waals surface area (Å²) in [6.07, 6.45) is 3.11. The predicted octanol–water partition coefficient (Wildman–Crippen LogP) is 6.72. The third kappa shape index (κ3) is 5.05. The largest absolute Gasteiger partial charge is 0.487 e. The van der Waals surface area contributed by atoms with E-state index in [-0.39, 0.29) is 29.0 Å². The Bertz CT molecular complexity index is 1690. The monoisotopic (exact) mass is 610 g/mol. The molecule has 0 amide bonds. The summed E-state index contributed by atoms with van der Waals surface area (Å²) in [4.78, 5) is 12.4. The van der Waals surface area contributed by atoms with Gasteiger partial charge in [-0.25, -0.2) is 4.68 Å². The van der Waals surface area contributed by atoms with E-state index in [0.29, 0.717) is 18.7 Å². The minimum atomic E-state index is -3.48. The number of aryl methyl sites for hydroxylation is 3. The summed E-state index contributed by atoms with van der Waals surface area (Å²) in [7, 11) is -1.64. The second kappa shape index (κ2) is 11.2. The fourth-order valence-electron chi connectivity index (χ4n) is 6.46. The Morgan fingerprint density at radius 2 is 2.02 bits per heavy atom. The van der Waals surface area contributed by atoms with Crippen molar-refractivity contribution >= 4 is 39.4 Å². The van der Waals surface area contributed by atoms with Crippen molar-refractivity contribution in [1.82, 2.24) is 19.3 Å². The normalized spacial score (nSPS) is 19.5. The zero-order chi connectivity index (χ0) is 29.8. The van der Waals surface area contributed by atoms with Gasteiger partial charge >= 0.3 is 5.97 Å². The molecular formula is C31H35ClN4O5S. The van der Waals surface area contributed by atoms with Gasteiger partial charge in [0.1, 0.15) is 22.3 Å². The van der Waals surface area contributed by atoms with Crippen LogP contribution >= 0.6 is 22.4 Å². The number of fused-ring (bicyclic) bond motifs is 3. The molecule has 0 fully saturated rings. The number of hydrogen-bond acceptors (Lipinski definition) is 7. The van der Waals surface area contributed by atoms with Crippen molar-refractivity contribution in [2.75, 3.05) is 6.54 Å². The minimum absolute atomic E-state index is 0.0849. The maximum atomic E-state index is 12.2. The van der Waals surface area contributed by atoms with E-state index < -0.39 is 22.7 Å². The number of benzene rings is 3. The zero-order valence-electron chi connectivity index (χ0n) is 23.9. The standard InChI is InChI=1S/C31H35ClN4O5S/c1-4-22-17-36(42(39,40)31-26(32)9-6-10-28(31)41-22)16-21-14-20(13-19-7-5-8-24(19)21)25(15-29(37)38)23-11-12-27-30(18(23)2)33-34-35(27)3/h6,9-14,22,25,39-40H,4-5,7-8,15-17H2,1-3H3,(H,37,38)/t22-,25?/m1/s1. The topological polar surface area (TPSA) is 121 Å². The van der Waals surface area contributed by atoms with Gasteiger partial charge in [-0.05, 0) is 84.2 Å². The quantitative estimate of drug-likeness (QED) is 0.211. The van der Waals surface area contributed by atoms with Crippen LogP contribution in [0.4, 0.5) is 0 Å². The molecule has 0 bridgehead atoms. The van der Waals surface area contributed by atoms with Crippen molar-refractivity contribution in [2.24, 2.45) is 7.05 Å². The molecule has 0 spiro atoms. The summed E-state index contributed by atoms with van der Waals surface area (Å²) in [5.74, 6) is -0.909. The lowest BCUT2D eigenvalue weighted by molar-refractivity contribution is -0.137. The van der Waals surface area contributed by atoms with Crippen molar-refractivity contribution in [1.29, 1.82) is 0 Å². The summed E-state index contributed by atoms with van der Waals surface area (Å²) in [6.45, 7) is 4.55. The van der Waals surface area contributed by atoms with Gasteiger partial charge in [0.15, 0.2) is 0 Å². The van der Waals surface area contributed by atoms with Gasteiger partial charge in [0, 0.05) is 19.5 Å². The Morgan fingerprint density at radius 3 is 2.79 bits per heavy atom. The molecule has 2 heterocycles. The first-order chi connectivity index (χ1) is 20.1. The zero-order valence-corrected chi connectivity index (χ0v) is 25.5. The highest BCUT2D eigenvalue weighted by molar-refractivity contribution is 8.22. The van der Waals surface area contributed by atoms with Gasteiger partial charge in [-0.3, -0.25) is 13.9 Å². The van der Waals surface area contributed by atoms with Crippen molar-refractivity contribution in [3.63, 3.8) is 0 Å². The molecule has 0 saturated carbocycles. The molecule has 11 heteroatoms. The molecular weight excluding hydrogens is 576 g/mol. The number of halogens is 1. The Labute approximate surface area is 251 Å². The van der Waals surface area contributed by atoms with E-state index >= 15 is 0 Å². The number of ether oxygens (including phenoxy) is 1. The molecule has 1 aliphatic heterocycles. The Morgan fingerprint density at radius 1 is 1.21 bits per heavy atom. The highest BCUT2D eigenvalue weighted by atomic mass is 35.5. The number of nitrogens with zero attached hydrogens (tertiary/aromatic N) is 4. The molecule has 3 aromatic carbocycles. The molecule has 6 rings (SSSR count). The highest BCUT2D eigenvalue weighted by Gasteiger charge is 2.37. The molecule has 1 aliphatic carbocycles. The molecule has 2 aliphatic rings. The van der Waals surface area contributed by atoms with Gasteiger partial charge in [0.05, 0.1) is 23.5 Å². The molecule has 42 heavy (non-hydrogen) atoms. The lowest BCUT2D eigenvalue weighted by Crippen LogP contribution is -2.34. The van der Waals surface area contributed by atoms with Crippen LogP contribution in [-0.4, -0.2) is 52.1 Å². The molecule has 2 atom stereocenters. The van der Waals surface area contributed by atoms with Crippen LogP contribution < -0.4 is 4.74 Å². The first-order valence-electron chi connectivity index (χ1n) is 14.2. The average Bonchev–Trinajstić information content (AvgIpc) is 3.55. The minimum Gasteiger partial charge on any atom is -0.487 e. The summed E-state index contributed by atoms with van der Waals surface area (Å²) < 4.78 is 33.0. The molecule has 1 aromatic heterocycles. The lowest BCUT2D eigenvalue weighted by atomic mass is 9.83. The van der Waals surface area contributed by atoms with Crippen LogP contribution in [0.2, 0.25) is 5.02 Å². The molecule has 3 N–H and O–H groups in total. The van der Waals surface area contributed by atoms with E-state index in [0.717, 1.165) is 52.5 Å². The molecule has 0 saturated heterocycles. The van der Waals surface area contributed by atoms with Crippen LogP contribution in [0.25, 0.3) is 11.0 Å². The summed E-state index contributed by atoms with van der Waals surface area (Å²) in [5, 5.41) is 18.7. The van der Waals surface area contributed by atoms with E-state index in [1.807, 2.05) is 33.0 Å². The third-order valence-corrected chi connectivity index (χ3v) is 11.0. The Hall–Kier alpha value is -3.15. The number of hydrogen-bond donors (Lipinski definition) is 3. The van der Waals surface area contributed by atoms with Crippen LogP contribution in [0.3, 0.4) is 0 Å². The van der Waals surface area contributed by atoms with Gasteiger partial charge in [-0.15, -0.1) is 15.9 Å². The molecule has 9 nitrogen and oxygen atoms in total. The number of rotatable bonds is 7. The first-order valence-corrected chi connectivity index (χ1v) is 16.1. The second-order valence-corrected chi connectivity index (χ2v) is 13.6. The van der Waals surface area contributed by atoms with Crippen molar-refractivity contribution < 1.29 is 23.7 Å². The molecule has 1 unspecified atom stereocenters. The van der Waals surface area contributed by atoms with Crippen LogP contribution in [0, 0.1) is 6.92 Å². The van der Waals surface area contributed by atoms with Crippen LogP contribution in [0.1, 0.15) is 65.5 Å². The van der Waals surface area contributed by atoms with E-state index in [9.17, 15) is 19.0 Å². The van der Waals surface area contributed by atoms with Crippen LogP contribution in [-0.2, 0) is 31.2 Å². The predicted molar refractivity (Wildman–Crippen MR) is 163 cm³/mol. The fourth-order valence-corrected chi connectivity index (χ4v) is 8.60. The van der Waals surface area contributed by atoms with E-state index in [4.69, 9.17) is 16.3 Å². The molecule has 0 radical (unpaired) electrons. The summed E-state index contributed by atoms with van der Waals surface area (Å²) >= 11 is 6.52. The summed E-state index contributed by atoms with van der Waals surface area (Å²) in [5.41, 5.74) is 7.69. The number of carbonyl (C=O) groups is 1. The SMILES string of the molecule is CC[C@@H]1CN(Cc2cc(C(CC(=O)O)c3ccc4c(nnn4C)c3C)cc3c2CCC3)S(O)(O)c2c(Cl)cccc2O1. The van der Waals surface area contributed by atoms with Crippen molar-refractivity contribution in [3.8, 4) is 5.75 Å². The van der Waals surface area contributed by atoms with E-state index in [1.54, 1.807) is 27.2 Å². The summed E-state index contributed by atoms with van der Waals surface area (Å²) in [6, 6.07) is 13.3. The van der Waals surface area contributed by atoms with Gasteiger partial charge in [0.2, 0.25) is 0 Å². The highest BCUT2D eigenvalue weighted by Crippen LogP contribution is 2.60.